The number of carbonyl (C=O) groups is 4. The first-order valence-corrected chi connectivity index (χ1v) is 45.3. The van der Waals surface area contributed by atoms with E-state index in [1.807, 2.05) is 0 Å². The molecule has 0 aromatic carbocycles. The van der Waals surface area contributed by atoms with Crippen molar-refractivity contribution >= 4 is 39.5 Å². The molecule has 4 unspecified atom stereocenters. The summed E-state index contributed by atoms with van der Waals surface area (Å²) in [6.07, 6.45) is 58.4. The lowest BCUT2D eigenvalue weighted by atomic mass is 9.99. The standard InChI is InChI=1S/C82H160O17P2/c1-9-74(7)60-52-44-36-30-23-19-15-13-11-12-14-16-20-24-31-37-46-54-62-79(84)92-68-77(98-82(87)65-57-49-39-33-27-26-29-35-43-51-59-73(5)6)70-96-100(88,89)94-66-76(83)67-95-101(90,91)97-71-78(69-93-80(85)63-55-47-41-40-45-53-61-75(8)10-2)99-81(86)64-56-48-38-32-25-21-17-18-22-28-34-42-50-58-72(3)4/h72-78,83H,9-71H2,1-8H3,(H,88,89)(H,90,91)/t74?,75?,76-,77-,78-/m1/s1. The second-order valence-corrected chi connectivity index (χ2v) is 33.9. The zero-order valence-electron chi connectivity index (χ0n) is 66.5. The van der Waals surface area contributed by atoms with Gasteiger partial charge in [0, 0.05) is 25.7 Å². The summed E-state index contributed by atoms with van der Waals surface area (Å²) in [6, 6.07) is 0. The molecule has 0 aromatic heterocycles. The Hall–Kier alpha value is -1.94. The van der Waals surface area contributed by atoms with Crippen LogP contribution in [0.1, 0.15) is 421 Å². The van der Waals surface area contributed by atoms with Gasteiger partial charge in [-0.15, -0.1) is 0 Å². The lowest BCUT2D eigenvalue weighted by molar-refractivity contribution is -0.161. The molecular weight excluding hydrogens is 1320 g/mol. The van der Waals surface area contributed by atoms with Crippen molar-refractivity contribution in [2.24, 2.45) is 23.7 Å². The molecule has 0 bridgehead atoms. The molecule has 0 rings (SSSR count). The van der Waals surface area contributed by atoms with E-state index in [-0.39, 0.29) is 25.7 Å². The van der Waals surface area contributed by atoms with Crippen LogP contribution in [0.4, 0.5) is 0 Å². The molecule has 17 nitrogen and oxygen atoms in total. The average molecular weight is 1480 g/mol. The Labute approximate surface area is 619 Å². The third-order valence-electron chi connectivity index (χ3n) is 19.8. The molecular formula is C82H160O17P2. The summed E-state index contributed by atoms with van der Waals surface area (Å²) in [7, 11) is -9.92. The average Bonchev–Trinajstić information content (AvgIpc) is 0.923. The number of aliphatic hydroxyl groups is 1. The molecule has 0 fully saturated rings. The largest absolute Gasteiger partial charge is 0.472 e. The molecule has 600 valence electrons. The predicted octanol–water partition coefficient (Wildman–Crippen LogP) is 24.4. The smallest absolute Gasteiger partial charge is 0.462 e. The fourth-order valence-corrected chi connectivity index (χ4v) is 14.1. The fraction of sp³-hybridized carbons (Fsp3) is 0.951. The highest BCUT2D eigenvalue weighted by molar-refractivity contribution is 7.47. The number of hydrogen-bond donors (Lipinski definition) is 3. The van der Waals surface area contributed by atoms with E-state index < -0.39 is 97.5 Å². The third kappa shape index (κ3) is 73.4. The normalized spacial score (nSPS) is 14.5. The van der Waals surface area contributed by atoms with Crippen molar-refractivity contribution in [3.8, 4) is 0 Å². The molecule has 0 aliphatic rings. The summed E-state index contributed by atoms with van der Waals surface area (Å²) < 4.78 is 68.7. The molecule has 0 radical (unpaired) electrons. The Bertz CT molecular complexity index is 1980. The molecule has 0 saturated carbocycles. The highest BCUT2D eigenvalue weighted by Gasteiger charge is 2.30. The second kappa shape index (κ2) is 71.0. The van der Waals surface area contributed by atoms with Gasteiger partial charge in [0.1, 0.15) is 19.3 Å². The quantitative estimate of drug-likeness (QED) is 0.0222. The molecule has 0 heterocycles. The van der Waals surface area contributed by atoms with Gasteiger partial charge in [0.2, 0.25) is 0 Å². The molecule has 0 aliphatic heterocycles. The third-order valence-corrected chi connectivity index (χ3v) is 21.7. The van der Waals surface area contributed by atoms with Gasteiger partial charge in [-0.05, 0) is 49.4 Å². The first-order chi connectivity index (χ1) is 48.7. The summed E-state index contributed by atoms with van der Waals surface area (Å²) in [6.45, 7) is 14.3. The summed E-state index contributed by atoms with van der Waals surface area (Å²) in [5.41, 5.74) is 0. The van der Waals surface area contributed by atoms with Gasteiger partial charge >= 0.3 is 39.5 Å². The lowest BCUT2D eigenvalue weighted by Gasteiger charge is -2.21. The summed E-state index contributed by atoms with van der Waals surface area (Å²) in [5, 5.41) is 10.6. The summed E-state index contributed by atoms with van der Waals surface area (Å²) in [4.78, 5) is 73.0. The van der Waals surface area contributed by atoms with Crippen LogP contribution in [-0.4, -0.2) is 96.7 Å². The van der Waals surface area contributed by atoms with Gasteiger partial charge in [-0.3, -0.25) is 37.3 Å². The maximum absolute atomic E-state index is 13.1. The van der Waals surface area contributed by atoms with Crippen molar-refractivity contribution < 1.29 is 80.2 Å². The highest BCUT2D eigenvalue weighted by Crippen LogP contribution is 2.45. The molecule has 19 heteroatoms. The van der Waals surface area contributed by atoms with Crippen LogP contribution >= 0.6 is 15.6 Å². The Morgan fingerprint density at radius 1 is 0.277 bits per heavy atom. The van der Waals surface area contributed by atoms with Crippen LogP contribution in [0.3, 0.4) is 0 Å². The van der Waals surface area contributed by atoms with E-state index >= 15 is 0 Å². The van der Waals surface area contributed by atoms with Gasteiger partial charge in [0.15, 0.2) is 12.2 Å². The SMILES string of the molecule is CCC(C)CCCCCCCCCCCCCCCCCCCCC(=O)OC[C@H](COP(=O)(O)OC[C@@H](O)COP(=O)(O)OC[C@@H](COC(=O)CCCCCCCCC(C)CC)OC(=O)CCCCCCCCCCCCCCCC(C)C)OC(=O)CCCCCCCCCCCCC(C)C. The maximum Gasteiger partial charge on any atom is 0.472 e. The topological polar surface area (TPSA) is 237 Å². The van der Waals surface area contributed by atoms with Crippen LogP contribution in [0.15, 0.2) is 0 Å². The van der Waals surface area contributed by atoms with E-state index in [9.17, 15) is 43.2 Å². The minimum absolute atomic E-state index is 0.106. The van der Waals surface area contributed by atoms with Crippen molar-refractivity contribution in [2.75, 3.05) is 39.6 Å². The molecule has 0 aliphatic carbocycles. The number of rotatable bonds is 79. The number of hydrogen-bond acceptors (Lipinski definition) is 15. The first kappa shape index (κ1) is 99.1. The van der Waals surface area contributed by atoms with Gasteiger partial charge < -0.3 is 33.8 Å². The molecule has 0 spiro atoms. The van der Waals surface area contributed by atoms with Gasteiger partial charge in [-0.1, -0.05) is 370 Å². The Morgan fingerprint density at radius 2 is 0.475 bits per heavy atom. The molecule has 0 saturated heterocycles. The van der Waals surface area contributed by atoms with Gasteiger partial charge in [-0.2, -0.15) is 0 Å². The van der Waals surface area contributed by atoms with E-state index in [4.69, 9.17) is 37.0 Å². The second-order valence-electron chi connectivity index (χ2n) is 31.0. The zero-order valence-corrected chi connectivity index (χ0v) is 68.3. The number of carbonyl (C=O) groups excluding carboxylic acids is 4. The van der Waals surface area contributed by atoms with Crippen molar-refractivity contribution in [1.82, 2.24) is 0 Å². The fourth-order valence-electron chi connectivity index (χ4n) is 12.5. The molecule has 101 heavy (non-hydrogen) atoms. The number of ether oxygens (including phenoxy) is 4. The Kier molecular flexibility index (Phi) is 69.6. The van der Waals surface area contributed by atoms with Gasteiger partial charge in [0.25, 0.3) is 0 Å². The number of unbranched alkanes of at least 4 members (excludes halogenated alkanes) is 43. The van der Waals surface area contributed by atoms with Crippen molar-refractivity contribution in [1.29, 1.82) is 0 Å². The number of esters is 4. The van der Waals surface area contributed by atoms with Crippen molar-refractivity contribution in [3.63, 3.8) is 0 Å². The van der Waals surface area contributed by atoms with Crippen LogP contribution in [0.25, 0.3) is 0 Å². The van der Waals surface area contributed by atoms with Crippen molar-refractivity contribution in [2.45, 2.75) is 440 Å². The number of phosphoric ester groups is 2. The zero-order chi connectivity index (χ0) is 74.6. The molecule has 0 amide bonds. The highest BCUT2D eigenvalue weighted by atomic mass is 31.2. The van der Waals surface area contributed by atoms with Crippen molar-refractivity contribution in [3.05, 3.63) is 0 Å². The van der Waals surface area contributed by atoms with E-state index in [2.05, 4.69) is 55.4 Å². The van der Waals surface area contributed by atoms with Gasteiger partial charge in [0.05, 0.1) is 26.4 Å². The van der Waals surface area contributed by atoms with Crippen LogP contribution in [0, 0.1) is 23.7 Å². The van der Waals surface area contributed by atoms with Crippen LogP contribution < -0.4 is 0 Å². The number of aliphatic hydroxyl groups excluding tert-OH is 1. The number of phosphoric acid groups is 2. The van der Waals surface area contributed by atoms with E-state index in [0.29, 0.717) is 25.7 Å². The minimum Gasteiger partial charge on any atom is -0.462 e. The van der Waals surface area contributed by atoms with E-state index in [0.717, 1.165) is 120 Å². The van der Waals surface area contributed by atoms with Crippen LogP contribution in [0.2, 0.25) is 0 Å². The Balaban J connectivity index is 5.19. The van der Waals surface area contributed by atoms with Gasteiger partial charge in [-0.25, -0.2) is 9.13 Å². The Morgan fingerprint density at radius 3 is 0.703 bits per heavy atom. The van der Waals surface area contributed by atoms with Crippen LogP contribution in [0.5, 0.6) is 0 Å². The first-order valence-electron chi connectivity index (χ1n) is 42.3. The lowest BCUT2D eigenvalue weighted by Crippen LogP contribution is -2.30. The summed E-state index contributed by atoms with van der Waals surface area (Å²) in [5.74, 6) is 1.03. The monoisotopic (exact) mass is 1480 g/mol. The molecule has 0 aromatic rings. The molecule has 7 atom stereocenters. The van der Waals surface area contributed by atoms with E-state index in [1.54, 1.807) is 0 Å². The maximum atomic E-state index is 13.1. The molecule has 3 N–H and O–H groups in total. The predicted molar refractivity (Wildman–Crippen MR) is 414 cm³/mol. The van der Waals surface area contributed by atoms with E-state index in [1.165, 1.54) is 218 Å². The van der Waals surface area contributed by atoms with Crippen LogP contribution in [-0.2, 0) is 65.4 Å². The summed E-state index contributed by atoms with van der Waals surface area (Å²) >= 11 is 0. The minimum atomic E-state index is -4.96.